The Morgan fingerprint density at radius 2 is 2.26 bits per heavy atom. The minimum Gasteiger partial charge on any atom is -0.291 e. The van der Waals surface area contributed by atoms with E-state index in [9.17, 15) is 5.26 Å². The number of thiophene rings is 1. The van der Waals surface area contributed by atoms with E-state index in [0.29, 0.717) is 0 Å². The van der Waals surface area contributed by atoms with Gasteiger partial charge in [-0.15, -0.1) is 11.3 Å². The number of halogens is 1. The van der Waals surface area contributed by atoms with Gasteiger partial charge >= 0.3 is 0 Å². The molecule has 0 bridgehead atoms. The van der Waals surface area contributed by atoms with E-state index in [1.807, 2.05) is 18.2 Å². The van der Waals surface area contributed by atoms with Crippen LogP contribution in [0.1, 0.15) is 22.4 Å². The summed E-state index contributed by atoms with van der Waals surface area (Å²) in [4.78, 5) is 1.26. The number of hydrogen-bond donors (Lipinski definition) is 1. The van der Waals surface area contributed by atoms with Crippen LogP contribution in [0.2, 0.25) is 0 Å². The predicted octanol–water partition coefficient (Wildman–Crippen LogP) is 3.97. The maximum absolute atomic E-state index is 9.66. The molecule has 1 atom stereocenters. The van der Waals surface area contributed by atoms with E-state index in [2.05, 4.69) is 44.8 Å². The van der Waals surface area contributed by atoms with Crippen molar-refractivity contribution in [3.05, 3.63) is 56.2 Å². The third-order valence-electron chi connectivity index (χ3n) is 3.66. The summed E-state index contributed by atoms with van der Waals surface area (Å²) in [6.07, 6.45) is 1.79. The van der Waals surface area contributed by atoms with Gasteiger partial charge in [0, 0.05) is 15.9 Å². The number of benzene rings is 1. The molecule has 96 valence electrons. The van der Waals surface area contributed by atoms with Crippen molar-refractivity contribution in [3.63, 3.8) is 0 Å². The van der Waals surface area contributed by atoms with Crippen molar-refractivity contribution in [2.45, 2.75) is 24.9 Å². The molecule has 1 aliphatic carbocycles. The first-order chi connectivity index (χ1) is 9.25. The Kier molecular flexibility index (Phi) is 3.44. The van der Waals surface area contributed by atoms with Gasteiger partial charge < -0.3 is 0 Å². The minimum absolute atomic E-state index is 0.539. The Morgan fingerprint density at radius 1 is 1.37 bits per heavy atom. The predicted molar refractivity (Wildman–Crippen MR) is 80.9 cm³/mol. The summed E-state index contributed by atoms with van der Waals surface area (Å²) in [5, 5.41) is 15.2. The van der Waals surface area contributed by atoms with Crippen LogP contribution in [0.3, 0.4) is 0 Å². The first-order valence-corrected chi connectivity index (χ1v) is 7.89. The third-order valence-corrected chi connectivity index (χ3v) is 5.28. The highest BCUT2D eigenvalue weighted by molar-refractivity contribution is 9.10. The minimum atomic E-state index is -0.539. The average Bonchev–Trinajstić information content (AvgIpc) is 3.05. The van der Waals surface area contributed by atoms with E-state index >= 15 is 0 Å². The number of rotatable bonds is 3. The van der Waals surface area contributed by atoms with E-state index in [1.54, 1.807) is 11.3 Å². The molecule has 19 heavy (non-hydrogen) atoms. The summed E-state index contributed by atoms with van der Waals surface area (Å²) in [5.74, 6) is 0. The summed E-state index contributed by atoms with van der Waals surface area (Å²) in [6, 6.07) is 12.8. The zero-order valence-electron chi connectivity index (χ0n) is 10.3. The van der Waals surface area contributed by atoms with Crippen LogP contribution in [0.15, 0.2) is 40.2 Å². The van der Waals surface area contributed by atoms with Gasteiger partial charge in [-0.1, -0.05) is 34.1 Å². The van der Waals surface area contributed by atoms with Crippen molar-refractivity contribution in [1.29, 1.82) is 5.26 Å². The molecule has 0 aliphatic heterocycles. The lowest BCUT2D eigenvalue weighted by atomic mass is 9.93. The summed E-state index contributed by atoms with van der Waals surface area (Å²) in [7, 11) is 0. The molecule has 1 aromatic heterocycles. The summed E-state index contributed by atoms with van der Waals surface area (Å²) >= 11 is 5.30. The smallest absolute Gasteiger partial charge is 0.133 e. The maximum Gasteiger partial charge on any atom is 0.133 e. The molecule has 4 heteroatoms. The van der Waals surface area contributed by atoms with Crippen molar-refractivity contribution in [3.8, 4) is 6.07 Å². The Balaban J connectivity index is 1.90. The molecule has 3 rings (SSSR count). The van der Waals surface area contributed by atoms with E-state index in [0.717, 1.165) is 29.4 Å². The fourth-order valence-corrected chi connectivity index (χ4v) is 3.86. The molecule has 1 heterocycles. The lowest BCUT2D eigenvalue weighted by molar-refractivity contribution is 0.425. The van der Waals surface area contributed by atoms with Gasteiger partial charge in [-0.25, -0.2) is 0 Å². The summed E-state index contributed by atoms with van der Waals surface area (Å²) in [6.45, 7) is 0.747. The van der Waals surface area contributed by atoms with Crippen LogP contribution in [0.25, 0.3) is 0 Å². The Hall–Kier alpha value is -1.15. The average molecular weight is 333 g/mol. The number of hydrogen-bond acceptors (Lipinski definition) is 3. The zero-order valence-corrected chi connectivity index (χ0v) is 12.7. The van der Waals surface area contributed by atoms with Gasteiger partial charge in [0.15, 0.2) is 0 Å². The van der Waals surface area contributed by atoms with Gasteiger partial charge in [-0.05, 0) is 41.5 Å². The van der Waals surface area contributed by atoms with Gasteiger partial charge in [0.2, 0.25) is 0 Å². The van der Waals surface area contributed by atoms with Crippen LogP contribution in [0.5, 0.6) is 0 Å². The highest BCUT2D eigenvalue weighted by Crippen LogP contribution is 2.40. The number of fused-ring (bicyclic) bond motifs is 1. The molecule has 2 nitrogen and oxygen atoms in total. The molecule has 1 aliphatic rings. The van der Waals surface area contributed by atoms with Crippen LogP contribution in [0.4, 0.5) is 0 Å². The first-order valence-electron chi connectivity index (χ1n) is 6.22. The van der Waals surface area contributed by atoms with Crippen molar-refractivity contribution in [2.24, 2.45) is 0 Å². The maximum atomic E-state index is 9.66. The van der Waals surface area contributed by atoms with Crippen molar-refractivity contribution in [1.82, 2.24) is 5.32 Å². The van der Waals surface area contributed by atoms with E-state index in [-0.39, 0.29) is 0 Å². The SMILES string of the molecule is N#CC1(NCc2cccs2)CCc2c(Br)cccc21. The fourth-order valence-electron chi connectivity index (χ4n) is 2.65. The molecule has 0 saturated heterocycles. The molecule has 0 fully saturated rings. The van der Waals surface area contributed by atoms with Gasteiger partial charge in [-0.3, -0.25) is 5.32 Å². The van der Waals surface area contributed by atoms with Crippen LogP contribution in [0, 0.1) is 11.3 Å². The molecular weight excluding hydrogens is 320 g/mol. The van der Waals surface area contributed by atoms with Crippen molar-refractivity contribution < 1.29 is 0 Å². The normalized spacial score (nSPS) is 21.1. The molecule has 0 saturated carbocycles. The Labute approximate surface area is 125 Å². The second-order valence-corrected chi connectivity index (χ2v) is 6.60. The van der Waals surface area contributed by atoms with E-state index in [1.165, 1.54) is 10.4 Å². The van der Waals surface area contributed by atoms with Crippen LogP contribution in [-0.2, 0) is 18.5 Å². The third kappa shape index (κ3) is 2.23. The van der Waals surface area contributed by atoms with Crippen molar-refractivity contribution >= 4 is 27.3 Å². The van der Waals surface area contributed by atoms with Crippen LogP contribution in [-0.4, -0.2) is 0 Å². The zero-order chi connectivity index (χ0) is 13.3. The van der Waals surface area contributed by atoms with E-state index < -0.39 is 5.54 Å². The second kappa shape index (κ2) is 5.09. The van der Waals surface area contributed by atoms with Gasteiger partial charge in [0.25, 0.3) is 0 Å². The van der Waals surface area contributed by atoms with Crippen LogP contribution >= 0.6 is 27.3 Å². The van der Waals surface area contributed by atoms with Gasteiger partial charge in [0.1, 0.15) is 5.54 Å². The lowest BCUT2D eigenvalue weighted by Crippen LogP contribution is -2.38. The molecule has 0 spiro atoms. The molecule has 1 aromatic carbocycles. The largest absolute Gasteiger partial charge is 0.291 e. The summed E-state index contributed by atoms with van der Waals surface area (Å²) < 4.78 is 1.11. The number of nitriles is 1. The quantitative estimate of drug-likeness (QED) is 0.923. The topological polar surface area (TPSA) is 35.8 Å². The van der Waals surface area contributed by atoms with Crippen LogP contribution < -0.4 is 5.32 Å². The van der Waals surface area contributed by atoms with Gasteiger partial charge in [0.05, 0.1) is 6.07 Å². The monoisotopic (exact) mass is 332 g/mol. The Bertz CT molecular complexity index is 630. The highest BCUT2D eigenvalue weighted by Gasteiger charge is 2.39. The molecule has 1 unspecified atom stereocenters. The first kappa shape index (κ1) is 12.9. The standard InChI is InChI=1S/C15H13BrN2S/c16-14-5-1-4-13-12(14)6-7-15(13,10-17)18-9-11-3-2-8-19-11/h1-5,8,18H,6-7,9H2. The number of nitrogens with one attached hydrogen (secondary N) is 1. The lowest BCUT2D eigenvalue weighted by Gasteiger charge is -2.23. The second-order valence-electron chi connectivity index (χ2n) is 4.72. The Morgan fingerprint density at radius 3 is 3.00 bits per heavy atom. The highest BCUT2D eigenvalue weighted by atomic mass is 79.9. The summed E-state index contributed by atoms with van der Waals surface area (Å²) in [5.41, 5.74) is 1.85. The molecule has 2 aromatic rings. The molecule has 1 N–H and O–H groups in total. The molecule has 0 radical (unpaired) electrons. The molecule has 0 amide bonds. The fraction of sp³-hybridized carbons (Fsp3) is 0.267. The molecular formula is C15H13BrN2S. The number of nitrogens with zero attached hydrogens (tertiary/aromatic N) is 1. The van der Waals surface area contributed by atoms with Gasteiger partial charge in [-0.2, -0.15) is 5.26 Å². The van der Waals surface area contributed by atoms with Crippen molar-refractivity contribution in [2.75, 3.05) is 0 Å². The van der Waals surface area contributed by atoms with E-state index in [4.69, 9.17) is 0 Å².